The van der Waals surface area contributed by atoms with Crippen LogP contribution >= 0.6 is 24.0 Å². The number of guanidine groups is 1. The van der Waals surface area contributed by atoms with Crippen LogP contribution in [0.3, 0.4) is 0 Å². The molecule has 1 aliphatic heterocycles. The Bertz CT molecular complexity index is 549. The van der Waals surface area contributed by atoms with Crippen LogP contribution in [0.15, 0.2) is 23.3 Å². The fraction of sp³-hybridized carbons (Fsp3) is 0.562. The summed E-state index contributed by atoms with van der Waals surface area (Å²) in [6.07, 6.45) is 3.32. The van der Waals surface area contributed by atoms with Crippen LogP contribution in [0.4, 0.5) is 0 Å². The second kappa shape index (κ2) is 9.69. The van der Waals surface area contributed by atoms with E-state index in [0.29, 0.717) is 13.0 Å². The van der Waals surface area contributed by atoms with E-state index in [9.17, 15) is 4.79 Å². The van der Waals surface area contributed by atoms with E-state index >= 15 is 0 Å². The molecule has 1 aromatic heterocycles. The molecule has 128 valence electrons. The monoisotopic (exact) mass is 431 g/mol. The molecule has 0 saturated carbocycles. The normalized spacial score (nSPS) is 17.6. The molecule has 0 bridgehead atoms. The number of hydrogen-bond donors (Lipinski definition) is 2. The topological polar surface area (TPSA) is 69.6 Å². The number of nitrogens with one attached hydrogen (secondary N) is 2. The second-order valence-electron chi connectivity index (χ2n) is 5.52. The number of carbonyl (C=O) groups is 1. The Kier molecular flexibility index (Phi) is 8.29. The Hall–Kier alpha value is -1.38. The average molecular weight is 431 g/mol. The molecule has 0 aromatic carbocycles. The highest BCUT2D eigenvalue weighted by molar-refractivity contribution is 14.0. The van der Waals surface area contributed by atoms with Crippen molar-refractivity contribution in [2.45, 2.75) is 39.3 Å². The third kappa shape index (κ3) is 5.63. The SMILES string of the molecule is CCC(=O)N1CCC(NC(=NC)NCc2ncccc2C)C1.I. The number of likely N-dealkylation sites (tertiary alicyclic amines) is 1. The van der Waals surface area contributed by atoms with Crippen LogP contribution in [-0.4, -0.2) is 47.9 Å². The van der Waals surface area contributed by atoms with Gasteiger partial charge in [0, 0.05) is 38.8 Å². The number of aromatic nitrogens is 1. The molecule has 0 radical (unpaired) electrons. The van der Waals surface area contributed by atoms with Crippen LogP contribution in [0.5, 0.6) is 0 Å². The van der Waals surface area contributed by atoms with Crippen LogP contribution in [0.1, 0.15) is 31.0 Å². The first kappa shape index (κ1) is 19.7. The molecule has 1 aromatic rings. The van der Waals surface area contributed by atoms with Gasteiger partial charge >= 0.3 is 0 Å². The molecule has 0 aliphatic carbocycles. The summed E-state index contributed by atoms with van der Waals surface area (Å²) in [6, 6.07) is 4.24. The van der Waals surface area contributed by atoms with Crippen LogP contribution in [0, 0.1) is 6.92 Å². The summed E-state index contributed by atoms with van der Waals surface area (Å²) in [6.45, 7) is 6.15. The Morgan fingerprint density at radius 3 is 2.96 bits per heavy atom. The number of aryl methyl sites for hydroxylation is 1. The number of nitrogens with zero attached hydrogens (tertiary/aromatic N) is 3. The van der Waals surface area contributed by atoms with Crippen LogP contribution in [-0.2, 0) is 11.3 Å². The fourth-order valence-corrected chi connectivity index (χ4v) is 2.59. The third-order valence-corrected chi connectivity index (χ3v) is 3.95. The molecule has 2 rings (SSSR count). The van der Waals surface area contributed by atoms with Crippen LogP contribution in [0.2, 0.25) is 0 Å². The summed E-state index contributed by atoms with van der Waals surface area (Å²) in [5.41, 5.74) is 2.17. The standard InChI is InChI=1S/C16H25N5O.HI/c1-4-15(22)21-9-7-13(11-21)20-16(17-3)19-10-14-12(2)6-5-8-18-14;/h5-6,8,13H,4,7,9-11H2,1-3H3,(H2,17,19,20);1H. The summed E-state index contributed by atoms with van der Waals surface area (Å²) in [7, 11) is 1.75. The van der Waals surface area contributed by atoms with E-state index in [1.165, 1.54) is 0 Å². The van der Waals surface area contributed by atoms with Crippen molar-refractivity contribution in [2.24, 2.45) is 4.99 Å². The first-order valence-corrected chi connectivity index (χ1v) is 7.79. The zero-order chi connectivity index (χ0) is 15.9. The lowest BCUT2D eigenvalue weighted by Crippen LogP contribution is -2.44. The molecule has 0 spiro atoms. The Morgan fingerprint density at radius 1 is 1.52 bits per heavy atom. The van der Waals surface area contributed by atoms with Gasteiger partial charge in [-0.1, -0.05) is 13.0 Å². The fourth-order valence-electron chi connectivity index (χ4n) is 2.59. The summed E-state index contributed by atoms with van der Waals surface area (Å²) < 4.78 is 0. The van der Waals surface area contributed by atoms with Gasteiger partial charge in [-0.05, 0) is 25.0 Å². The minimum absolute atomic E-state index is 0. The van der Waals surface area contributed by atoms with Crippen molar-refractivity contribution < 1.29 is 4.79 Å². The third-order valence-electron chi connectivity index (χ3n) is 3.95. The quantitative estimate of drug-likeness (QED) is 0.433. The van der Waals surface area contributed by atoms with Crippen LogP contribution < -0.4 is 10.6 Å². The largest absolute Gasteiger partial charge is 0.352 e. The number of amides is 1. The van der Waals surface area contributed by atoms with Crippen molar-refractivity contribution in [3.63, 3.8) is 0 Å². The summed E-state index contributed by atoms with van der Waals surface area (Å²) >= 11 is 0. The van der Waals surface area contributed by atoms with Gasteiger partial charge in [0.1, 0.15) is 0 Å². The van der Waals surface area contributed by atoms with E-state index in [1.807, 2.05) is 30.9 Å². The molecule has 1 unspecified atom stereocenters. The minimum Gasteiger partial charge on any atom is -0.352 e. The minimum atomic E-state index is 0. The van der Waals surface area contributed by atoms with Crippen molar-refractivity contribution in [3.05, 3.63) is 29.6 Å². The summed E-state index contributed by atoms with van der Waals surface area (Å²) in [5.74, 6) is 0.970. The van der Waals surface area contributed by atoms with Gasteiger partial charge in [0.25, 0.3) is 0 Å². The van der Waals surface area contributed by atoms with Gasteiger partial charge in [0.2, 0.25) is 5.91 Å². The molecular weight excluding hydrogens is 405 g/mol. The van der Waals surface area contributed by atoms with E-state index in [-0.39, 0.29) is 35.9 Å². The van der Waals surface area contributed by atoms with Crippen molar-refractivity contribution in [1.82, 2.24) is 20.5 Å². The van der Waals surface area contributed by atoms with E-state index < -0.39 is 0 Å². The Labute approximate surface area is 155 Å². The molecular formula is C16H26IN5O. The van der Waals surface area contributed by atoms with E-state index in [1.54, 1.807) is 13.2 Å². The van der Waals surface area contributed by atoms with Gasteiger partial charge in [-0.25, -0.2) is 0 Å². The van der Waals surface area contributed by atoms with Gasteiger partial charge in [-0.15, -0.1) is 24.0 Å². The molecule has 7 heteroatoms. The number of carbonyl (C=O) groups excluding carboxylic acids is 1. The van der Waals surface area contributed by atoms with E-state index in [2.05, 4.69) is 20.6 Å². The van der Waals surface area contributed by atoms with E-state index in [4.69, 9.17) is 0 Å². The predicted octanol–water partition coefficient (Wildman–Crippen LogP) is 1.68. The van der Waals surface area contributed by atoms with Crippen molar-refractivity contribution >= 4 is 35.8 Å². The summed E-state index contributed by atoms with van der Waals surface area (Å²) in [4.78, 5) is 22.2. The zero-order valence-electron chi connectivity index (χ0n) is 14.0. The van der Waals surface area contributed by atoms with Gasteiger partial charge in [0.15, 0.2) is 5.96 Å². The maximum Gasteiger partial charge on any atom is 0.222 e. The highest BCUT2D eigenvalue weighted by Crippen LogP contribution is 2.10. The molecule has 23 heavy (non-hydrogen) atoms. The second-order valence-corrected chi connectivity index (χ2v) is 5.52. The molecule has 1 saturated heterocycles. The average Bonchev–Trinajstić information content (AvgIpc) is 3.00. The lowest BCUT2D eigenvalue weighted by molar-refractivity contribution is -0.129. The predicted molar refractivity (Wildman–Crippen MR) is 103 cm³/mol. The van der Waals surface area contributed by atoms with Gasteiger partial charge in [0.05, 0.1) is 12.2 Å². The number of aliphatic imine (C=N–C) groups is 1. The maximum atomic E-state index is 11.7. The number of pyridine rings is 1. The lowest BCUT2D eigenvalue weighted by atomic mass is 10.2. The Morgan fingerprint density at radius 2 is 2.30 bits per heavy atom. The molecule has 6 nitrogen and oxygen atoms in total. The number of hydrogen-bond acceptors (Lipinski definition) is 3. The smallest absolute Gasteiger partial charge is 0.222 e. The van der Waals surface area contributed by atoms with Gasteiger partial charge < -0.3 is 15.5 Å². The first-order chi connectivity index (χ1) is 10.6. The van der Waals surface area contributed by atoms with Gasteiger partial charge in [-0.3, -0.25) is 14.8 Å². The lowest BCUT2D eigenvalue weighted by Gasteiger charge is -2.18. The van der Waals surface area contributed by atoms with Crippen molar-refractivity contribution in [1.29, 1.82) is 0 Å². The van der Waals surface area contributed by atoms with Crippen molar-refractivity contribution in [2.75, 3.05) is 20.1 Å². The highest BCUT2D eigenvalue weighted by atomic mass is 127. The first-order valence-electron chi connectivity index (χ1n) is 7.79. The molecule has 2 N–H and O–H groups in total. The Balaban J connectivity index is 0.00000264. The number of halogens is 1. The molecule has 1 atom stereocenters. The molecule has 1 amide bonds. The van der Waals surface area contributed by atoms with Crippen LogP contribution in [0.25, 0.3) is 0 Å². The maximum absolute atomic E-state index is 11.7. The number of rotatable bonds is 4. The summed E-state index contributed by atoms with van der Waals surface area (Å²) in [5, 5.41) is 6.67. The molecule has 1 fully saturated rings. The zero-order valence-corrected chi connectivity index (χ0v) is 16.3. The van der Waals surface area contributed by atoms with Gasteiger partial charge in [-0.2, -0.15) is 0 Å². The van der Waals surface area contributed by atoms with E-state index in [0.717, 1.165) is 36.7 Å². The molecule has 2 heterocycles. The molecule has 1 aliphatic rings. The van der Waals surface area contributed by atoms with Crippen molar-refractivity contribution in [3.8, 4) is 0 Å². The highest BCUT2D eigenvalue weighted by Gasteiger charge is 2.25.